The van der Waals surface area contributed by atoms with E-state index in [1.807, 2.05) is 24.3 Å². The first-order valence-electron chi connectivity index (χ1n) is 12.2. The molecule has 1 saturated heterocycles. The van der Waals surface area contributed by atoms with Crippen molar-refractivity contribution < 1.29 is 19.1 Å². The normalized spacial score (nSPS) is 23.3. The minimum absolute atomic E-state index is 0.151. The molecule has 0 aliphatic carbocycles. The highest BCUT2D eigenvalue weighted by molar-refractivity contribution is 6.10. The zero-order chi connectivity index (χ0) is 23.9. The molecule has 0 bridgehead atoms. The second-order valence-corrected chi connectivity index (χ2v) is 9.57. The van der Waals surface area contributed by atoms with E-state index in [0.717, 1.165) is 56.0 Å². The van der Waals surface area contributed by atoms with Gasteiger partial charge >= 0.3 is 0 Å². The highest BCUT2D eigenvalue weighted by atomic mass is 16.5. The van der Waals surface area contributed by atoms with Crippen LogP contribution in [0, 0.1) is 10.8 Å². The Bertz CT molecular complexity index is 1300. The van der Waals surface area contributed by atoms with E-state index in [4.69, 9.17) is 9.47 Å². The number of Topliss-reactive ketones (excluding diaryl/α,β-unsaturated/α-hetero) is 1. The molecule has 0 saturated carbocycles. The van der Waals surface area contributed by atoms with Gasteiger partial charge in [0.05, 0.1) is 24.2 Å². The predicted octanol–water partition coefficient (Wildman–Crippen LogP) is 3.59. The molecule has 180 valence electrons. The van der Waals surface area contributed by atoms with Crippen molar-refractivity contribution in [2.24, 2.45) is 5.92 Å². The largest absolute Gasteiger partial charge is 0.496 e. The second-order valence-electron chi connectivity index (χ2n) is 9.57. The van der Waals surface area contributed by atoms with Gasteiger partial charge in [-0.2, -0.15) is 0 Å². The Morgan fingerprint density at radius 3 is 3.03 bits per heavy atom. The number of fused-ring (bicyclic) bond motifs is 6. The van der Waals surface area contributed by atoms with Gasteiger partial charge in [-0.25, -0.2) is 9.97 Å². The van der Waals surface area contributed by atoms with Crippen LogP contribution in [0.5, 0.6) is 11.5 Å². The summed E-state index contributed by atoms with van der Waals surface area (Å²) in [7, 11) is 1.71. The summed E-state index contributed by atoms with van der Waals surface area (Å²) >= 11 is 0. The van der Waals surface area contributed by atoms with Gasteiger partial charge in [0.1, 0.15) is 33.9 Å². The molecular weight excluding hydrogens is 446 g/mol. The Labute approximate surface area is 203 Å². The van der Waals surface area contributed by atoms with Crippen molar-refractivity contribution in [3.8, 4) is 11.5 Å². The number of rotatable bonds is 6. The van der Waals surface area contributed by atoms with Crippen LogP contribution in [-0.2, 0) is 0 Å². The second kappa shape index (κ2) is 8.88. The summed E-state index contributed by atoms with van der Waals surface area (Å²) in [4.78, 5) is 37.2. The van der Waals surface area contributed by atoms with Crippen molar-refractivity contribution in [3.63, 3.8) is 0 Å². The van der Waals surface area contributed by atoms with Crippen molar-refractivity contribution in [2.45, 2.75) is 31.2 Å². The number of hydrogen-bond acceptors (Lipinski definition) is 7. The lowest BCUT2D eigenvalue weighted by Crippen LogP contribution is -2.41. The van der Waals surface area contributed by atoms with Gasteiger partial charge in [-0.3, -0.25) is 4.79 Å². The fourth-order valence-corrected chi connectivity index (χ4v) is 5.80. The summed E-state index contributed by atoms with van der Waals surface area (Å²) in [6, 6.07) is 8.86. The van der Waals surface area contributed by atoms with Crippen molar-refractivity contribution >= 4 is 22.4 Å². The molecule has 1 aromatic heterocycles. The number of nitrogens with one attached hydrogen (secondary N) is 1. The number of carbonyl (C=O) groups is 1. The maximum absolute atomic E-state index is 13.1. The van der Waals surface area contributed by atoms with Crippen LogP contribution in [0.4, 0.5) is 5.69 Å². The molecule has 3 atom stereocenters. The van der Waals surface area contributed by atoms with Crippen LogP contribution in [0.25, 0.3) is 10.9 Å². The third-order valence-corrected chi connectivity index (χ3v) is 7.54. The average Bonchev–Trinajstić information content (AvgIpc) is 3.31. The summed E-state index contributed by atoms with van der Waals surface area (Å²) in [5.74, 6) is 2.55. The number of nitrogens with zero attached hydrogens (tertiary/aromatic N) is 4. The summed E-state index contributed by atoms with van der Waals surface area (Å²) in [6.07, 6.45) is 5.33. The van der Waals surface area contributed by atoms with Gasteiger partial charge in [-0.1, -0.05) is 12.1 Å². The number of anilines is 1. The molecule has 35 heavy (non-hydrogen) atoms. The third kappa shape index (κ3) is 3.80. The number of aromatic nitrogens is 2. The Morgan fingerprint density at radius 1 is 1.23 bits per heavy atom. The minimum Gasteiger partial charge on any atom is -0.496 e. The molecule has 3 aliphatic heterocycles. The van der Waals surface area contributed by atoms with Crippen LogP contribution in [0.3, 0.4) is 0 Å². The van der Waals surface area contributed by atoms with Crippen molar-refractivity contribution in [1.29, 1.82) is 0 Å². The van der Waals surface area contributed by atoms with Gasteiger partial charge < -0.3 is 14.4 Å². The Hall–Kier alpha value is -3.59. The lowest BCUT2D eigenvalue weighted by atomic mass is 9.86. The molecule has 0 spiro atoms. The lowest BCUT2D eigenvalue weighted by molar-refractivity contribution is -0.544. The van der Waals surface area contributed by atoms with Gasteiger partial charge in [0.2, 0.25) is 5.78 Å². The van der Waals surface area contributed by atoms with Gasteiger partial charge in [-0.05, 0) is 37.6 Å². The van der Waals surface area contributed by atoms with Crippen molar-refractivity contribution in [1.82, 2.24) is 14.9 Å². The van der Waals surface area contributed by atoms with Crippen LogP contribution in [0.15, 0.2) is 42.9 Å². The van der Waals surface area contributed by atoms with E-state index in [2.05, 4.69) is 20.3 Å². The molecule has 0 radical (unpaired) electrons. The molecule has 4 heterocycles. The first-order chi connectivity index (χ1) is 17.1. The van der Waals surface area contributed by atoms with Crippen molar-refractivity contribution in [3.05, 3.63) is 58.9 Å². The quantitative estimate of drug-likeness (QED) is 0.428. The first kappa shape index (κ1) is 21.9. The molecule has 1 fully saturated rings. The number of nitroso groups, excluding NO2 is 1. The number of benzene rings is 2. The zero-order valence-electron chi connectivity index (χ0n) is 19.6. The highest BCUT2D eigenvalue weighted by Gasteiger charge is 2.43. The number of methoxy groups -OCH3 is 1. The number of carbonyl (C=O) groups excluding carboxylic acids is 1. The van der Waals surface area contributed by atoms with E-state index in [1.165, 1.54) is 11.9 Å². The molecule has 9 heteroatoms. The maximum Gasteiger partial charge on any atom is 0.296 e. The van der Waals surface area contributed by atoms with Crippen LogP contribution in [0.1, 0.15) is 41.1 Å². The van der Waals surface area contributed by atoms with Crippen LogP contribution in [-0.4, -0.2) is 64.9 Å². The van der Waals surface area contributed by atoms with Gasteiger partial charge in [0.25, 0.3) is 6.04 Å². The fraction of sp³-hybridized carbons (Fsp3) is 0.423. The molecule has 3 aromatic rings. The third-order valence-electron chi connectivity index (χ3n) is 7.54. The minimum atomic E-state index is -0.729. The summed E-state index contributed by atoms with van der Waals surface area (Å²) in [6.45, 7) is 3.62. The number of ether oxygens (including phenoxy) is 2. The standard InChI is InChI=1S/C26H27N5O4/c1-34-21-6-4-7-22-23(21)19-13-30(12-17(19)14-35-22)10-3-2-5-20-26(32)18-9-8-16-11-27-15-28-24(16)25(18)29-31(20)33/h4,6-9,11,15,17,19-20H,2-3,5,10,12-14H2,1H3/p+1/t17-,19+,20?/m0/s1. The number of likely N-dealkylation sites (tertiary alicyclic amines) is 1. The molecule has 2 aromatic carbocycles. The van der Waals surface area contributed by atoms with Crippen LogP contribution in [0.2, 0.25) is 0 Å². The molecule has 9 nitrogen and oxygen atoms in total. The van der Waals surface area contributed by atoms with E-state index < -0.39 is 6.04 Å². The summed E-state index contributed by atoms with van der Waals surface area (Å²) < 4.78 is 11.6. The average molecular weight is 475 g/mol. The van der Waals surface area contributed by atoms with Gasteiger partial charge in [0.15, 0.2) is 0 Å². The van der Waals surface area contributed by atoms with Gasteiger partial charge in [0, 0.05) is 48.5 Å². The molecule has 1 unspecified atom stereocenters. The molecule has 0 amide bonds. The fourth-order valence-electron chi connectivity index (χ4n) is 5.80. The Morgan fingerprint density at radius 2 is 2.14 bits per heavy atom. The van der Waals surface area contributed by atoms with E-state index in [9.17, 15) is 9.70 Å². The Balaban J connectivity index is 1.07. The number of hydrogen-bond donors (Lipinski definition) is 1. The number of unbranched alkanes of at least 4 members (excludes halogenated alkanes) is 1. The van der Waals surface area contributed by atoms with Gasteiger partial charge in [-0.15, -0.1) is 5.43 Å². The molecule has 3 aliphatic rings. The Kier molecular flexibility index (Phi) is 5.56. The smallest absolute Gasteiger partial charge is 0.296 e. The molecule has 1 N–H and O–H groups in total. The number of hydrazine groups is 1. The van der Waals surface area contributed by atoms with E-state index >= 15 is 0 Å². The summed E-state index contributed by atoms with van der Waals surface area (Å²) in [5.41, 5.74) is 5.61. The first-order valence-corrected chi connectivity index (χ1v) is 12.2. The lowest BCUT2D eigenvalue weighted by Gasteiger charge is -2.29. The SMILES string of the molecule is COc1cccc2c1[C@@H]1CN(CCCCC3C(=O)c4ccc5cncnc5c4N[N+]3=O)C[C@H]1CO2. The predicted molar refractivity (Wildman–Crippen MR) is 130 cm³/mol. The van der Waals surface area contributed by atoms with E-state index in [-0.39, 0.29) is 5.78 Å². The zero-order valence-corrected chi connectivity index (χ0v) is 19.6. The van der Waals surface area contributed by atoms with Crippen molar-refractivity contribution in [2.75, 3.05) is 38.8 Å². The van der Waals surface area contributed by atoms with E-state index in [0.29, 0.717) is 39.9 Å². The molecule has 6 rings (SSSR count). The van der Waals surface area contributed by atoms with E-state index in [1.54, 1.807) is 19.4 Å². The molecular formula is C26H28N5O4+. The topological polar surface area (TPSA) is 96.7 Å². The maximum atomic E-state index is 13.1. The van der Waals surface area contributed by atoms with Crippen LogP contribution >= 0.6 is 0 Å². The van der Waals surface area contributed by atoms with Crippen LogP contribution < -0.4 is 14.9 Å². The highest BCUT2D eigenvalue weighted by Crippen LogP contribution is 2.46. The summed E-state index contributed by atoms with van der Waals surface area (Å²) in [5, 5.41) is 0.787. The monoisotopic (exact) mass is 474 g/mol. The number of ketones is 1.